The number of pyridine rings is 1. The lowest BCUT2D eigenvalue weighted by atomic mass is 9.91. The van der Waals surface area contributed by atoms with E-state index in [4.69, 9.17) is 4.74 Å². The molecule has 0 aliphatic carbocycles. The second-order valence-corrected chi connectivity index (χ2v) is 5.85. The number of hydrogen-bond acceptors (Lipinski definition) is 3. The maximum absolute atomic E-state index is 12.1. The van der Waals surface area contributed by atoms with E-state index >= 15 is 0 Å². The summed E-state index contributed by atoms with van der Waals surface area (Å²) in [5.74, 6) is -0.185. The maximum Gasteiger partial charge on any atom is 0.364 e. The van der Waals surface area contributed by atoms with Crippen LogP contribution in [0.5, 0.6) is 0 Å². The number of ether oxygens (including phenoxy) is 1. The molecule has 116 valence electrons. The van der Waals surface area contributed by atoms with Crippen LogP contribution in [0.2, 0.25) is 0 Å². The van der Waals surface area contributed by atoms with Crippen molar-refractivity contribution in [2.24, 2.45) is 0 Å². The van der Waals surface area contributed by atoms with Crippen LogP contribution in [-0.2, 0) is 16.0 Å². The van der Waals surface area contributed by atoms with Crippen molar-refractivity contribution in [3.8, 4) is 0 Å². The average molecular weight is 308 g/mol. The van der Waals surface area contributed by atoms with E-state index in [2.05, 4.69) is 27.4 Å². The number of methoxy groups -OCH3 is 1. The van der Waals surface area contributed by atoms with Crippen molar-refractivity contribution < 1.29 is 14.8 Å². The van der Waals surface area contributed by atoms with Crippen molar-refractivity contribution in [3.63, 3.8) is 0 Å². The summed E-state index contributed by atoms with van der Waals surface area (Å²) in [6.07, 6.45) is 4.29. The molecule has 1 aliphatic heterocycles. The molecule has 0 spiro atoms. The Morgan fingerprint density at radius 3 is 2.96 bits per heavy atom. The maximum atomic E-state index is 12.1. The highest BCUT2D eigenvalue weighted by Gasteiger charge is 2.38. The van der Waals surface area contributed by atoms with E-state index < -0.39 is 0 Å². The van der Waals surface area contributed by atoms with Gasteiger partial charge >= 0.3 is 5.97 Å². The summed E-state index contributed by atoms with van der Waals surface area (Å²) >= 11 is 0. The highest BCUT2D eigenvalue weighted by atomic mass is 16.5. The number of quaternary nitrogens is 1. The van der Waals surface area contributed by atoms with Crippen LogP contribution >= 0.6 is 0 Å². The summed E-state index contributed by atoms with van der Waals surface area (Å²) in [6, 6.07) is 12.0. The molecule has 3 N–H and O–H groups in total. The van der Waals surface area contributed by atoms with E-state index in [9.17, 15) is 4.79 Å². The minimum Gasteiger partial charge on any atom is -0.465 e. The molecule has 1 aliphatic rings. The number of carbonyl (C=O) groups excluding carboxylic acids is 1. The SMILES string of the molecule is COC(=O)[C@H]1Cc2c([nH]c3ccccc23)[C@H](c2cccnc2)[NH2+]1. The number of aromatic nitrogens is 2. The van der Waals surface area contributed by atoms with Crippen LogP contribution in [0.4, 0.5) is 0 Å². The first kappa shape index (κ1) is 14.0. The number of hydrogen-bond donors (Lipinski definition) is 2. The molecule has 3 aromatic rings. The number of benzene rings is 1. The lowest BCUT2D eigenvalue weighted by Crippen LogP contribution is -2.94. The van der Waals surface area contributed by atoms with Crippen LogP contribution in [0, 0.1) is 0 Å². The predicted octanol–water partition coefficient (Wildman–Crippen LogP) is 1.31. The first-order valence-electron chi connectivity index (χ1n) is 7.70. The van der Waals surface area contributed by atoms with Crippen LogP contribution in [-0.4, -0.2) is 29.1 Å². The molecule has 0 fully saturated rings. The van der Waals surface area contributed by atoms with Crippen molar-refractivity contribution in [1.29, 1.82) is 0 Å². The molecule has 4 rings (SSSR count). The number of H-pyrrole nitrogens is 1. The van der Waals surface area contributed by atoms with Gasteiger partial charge in [0.05, 0.1) is 12.8 Å². The third-order valence-electron chi connectivity index (χ3n) is 4.55. The van der Waals surface area contributed by atoms with Crippen LogP contribution in [0.25, 0.3) is 10.9 Å². The molecule has 0 saturated carbocycles. The quantitative estimate of drug-likeness (QED) is 0.701. The average Bonchev–Trinajstić information content (AvgIpc) is 2.99. The summed E-state index contributed by atoms with van der Waals surface area (Å²) in [7, 11) is 1.44. The molecule has 2 aromatic heterocycles. The predicted molar refractivity (Wildman–Crippen MR) is 85.8 cm³/mol. The number of nitrogens with one attached hydrogen (secondary N) is 1. The van der Waals surface area contributed by atoms with Crippen LogP contribution in [0.1, 0.15) is 22.9 Å². The Morgan fingerprint density at radius 2 is 2.17 bits per heavy atom. The standard InChI is InChI=1S/C18H17N3O2/c1-23-18(22)15-9-13-12-6-2-3-7-14(12)20-17(13)16(21-15)11-5-4-8-19-10-11/h2-8,10,15-16,20-21H,9H2,1H3/p+1/t15-,16+/m1/s1. The fourth-order valence-electron chi connectivity index (χ4n) is 3.47. The summed E-state index contributed by atoms with van der Waals surface area (Å²) < 4.78 is 4.98. The molecule has 2 atom stereocenters. The van der Waals surface area contributed by atoms with E-state index in [1.165, 1.54) is 18.1 Å². The van der Waals surface area contributed by atoms with Gasteiger partial charge in [-0.05, 0) is 23.8 Å². The Kier molecular flexibility index (Phi) is 3.35. The van der Waals surface area contributed by atoms with E-state index in [0.717, 1.165) is 16.8 Å². The highest BCUT2D eigenvalue weighted by Crippen LogP contribution is 2.31. The van der Waals surface area contributed by atoms with Crippen LogP contribution in [0.15, 0.2) is 48.8 Å². The van der Waals surface area contributed by atoms with E-state index in [1.807, 2.05) is 30.5 Å². The van der Waals surface area contributed by atoms with E-state index in [1.54, 1.807) is 6.20 Å². The Bertz CT molecular complexity index is 857. The fourth-order valence-corrected chi connectivity index (χ4v) is 3.47. The number of carbonyl (C=O) groups is 1. The Labute approximate surface area is 133 Å². The number of rotatable bonds is 2. The molecule has 0 saturated heterocycles. The molecule has 1 aromatic carbocycles. The highest BCUT2D eigenvalue weighted by molar-refractivity contribution is 5.86. The zero-order chi connectivity index (χ0) is 15.8. The molecule has 3 heterocycles. The van der Waals surface area contributed by atoms with E-state index in [0.29, 0.717) is 6.42 Å². The molecule has 0 amide bonds. The largest absolute Gasteiger partial charge is 0.465 e. The third kappa shape index (κ3) is 2.29. The number of para-hydroxylation sites is 1. The van der Waals surface area contributed by atoms with Gasteiger partial charge in [-0.3, -0.25) is 4.98 Å². The topological polar surface area (TPSA) is 71.6 Å². The molecule has 5 heteroatoms. The van der Waals surface area contributed by atoms with Gasteiger partial charge in [0.25, 0.3) is 0 Å². The summed E-state index contributed by atoms with van der Waals surface area (Å²) in [5, 5.41) is 3.25. The van der Waals surface area contributed by atoms with Gasteiger partial charge in [-0.25, -0.2) is 4.79 Å². The van der Waals surface area contributed by atoms with Gasteiger partial charge in [0, 0.05) is 35.3 Å². The zero-order valence-electron chi connectivity index (χ0n) is 12.8. The summed E-state index contributed by atoms with van der Waals surface area (Å²) in [4.78, 5) is 19.9. The minimum atomic E-state index is -0.239. The van der Waals surface area contributed by atoms with Gasteiger partial charge < -0.3 is 15.0 Å². The number of nitrogens with two attached hydrogens (primary N) is 1. The molecule has 0 bridgehead atoms. The smallest absolute Gasteiger partial charge is 0.364 e. The molecular formula is C18H18N3O2+. The number of nitrogens with zero attached hydrogens (tertiary/aromatic N) is 1. The number of aromatic amines is 1. The van der Waals surface area contributed by atoms with Gasteiger partial charge in [-0.1, -0.05) is 18.2 Å². The summed E-state index contributed by atoms with van der Waals surface area (Å²) in [5.41, 5.74) is 4.53. The zero-order valence-corrected chi connectivity index (χ0v) is 12.8. The normalized spacial score (nSPS) is 20.2. The van der Waals surface area contributed by atoms with Gasteiger partial charge in [0.2, 0.25) is 0 Å². The van der Waals surface area contributed by atoms with Gasteiger partial charge in [0.15, 0.2) is 12.1 Å². The van der Waals surface area contributed by atoms with Crippen LogP contribution in [0.3, 0.4) is 0 Å². The monoisotopic (exact) mass is 308 g/mol. The van der Waals surface area contributed by atoms with Gasteiger partial charge in [0.1, 0.15) is 0 Å². The molecule has 0 unspecified atom stereocenters. The lowest BCUT2D eigenvalue weighted by Gasteiger charge is -2.26. The Morgan fingerprint density at radius 1 is 1.30 bits per heavy atom. The second kappa shape index (κ2) is 5.52. The number of fused-ring (bicyclic) bond motifs is 3. The van der Waals surface area contributed by atoms with Crippen molar-refractivity contribution in [2.45, 2.75) is 18.5 Å². The molecule has 23 heavy (non-hydrogen) atoms. The third-order valence-corrected chi connectivity index (χ3v) is 4.55. The van der Waals surface area contributed by atoms with Crippen LogP contribution < -0.4 is 5.32 Å². The first-order valence-corrected chi connectivity index (χ1v) is 7.70. The lowest BCUT2D eigenvalue weighted by molar-refractivity contribution is -0.712. The molecule has 0 radical (unpaired) electrons. The van der Waals surface area contributed by atoms with Gasteiger partial charge in [-0.2, -0.15) is 0 Å². The fraction of sp³-hybridized carbons (Fsp3) is 0.222. The second-order valence-electron chi connectivity index (χ2n) is 5.85. The molecular weight excluding hydrogens is 290 g/mol. The first-order chi connectivity index (χ1) is 11.3. The van der Waals surface area contributed by atoms with Crippen molar-refractivity contribution in [3.05, 3.63) is 65.6 Å². The van der Waals surface area contributed by atoms with Crippen molar-refractivity contribution in [1.82, 2.24) is 9.97 Å². The molecule has 5 nitrogen and oxygen atoms in total. The van der Waals surface area contributed by atoms with Gasteiger partial charge in [-0.15, -0.1) is 0 Å². The Balaban J connectivity index is 1.88. The summed E-state index contributed by atoms with van der Waals surface area (Å²) in [6.45, 7) is 0. The number of esters is 1. The minimum absolute atomic E-state index is 0.0175. The van der Waals surface area contributed by atoms with Crippen molar-refractivity contribution in [2.75, 3.05) is 7.11 Å². The van der Waals surface area contributed by atoms with Crippen molar-refractivity contribution >= 4 is 16.9 Å². The Hall–Kier alpha value is -2.66. The van der Waals surface area contributed by atoms with E-state index in [-0.39, 0.29) is 18.1 Å².